The molecule has 0 aromatic rings. The maximum absolute atomic E-state index is 12.1. The summed E-state index contributed by atoms with van der Waals surface area (Å²) in [6.45, 7) is 7.26. The minimum absolute atomic E-state index is 0.168. The smallest absolute Gasteiger partial charge is 0.311 e. The van der Waals surface area contributed by atoms with Crippen LogP contribution in [0.25, 0.3) is 0 Å². The summed E-state index contributed by atoms with van der Waals surface area (Å²) in [5.74, 6) is -1.46. The molecule has 2 fully saturated rings. The predicted octanol–water partition coefficient (Wildman–Crippen LogP) is -0.763. The fourth-order valence-corrected chi connectivity index (χ4v) is 2.95. The first kappa shape index (κ1) is 18.7. The number of morpholine rings is 1. The molecule has 136 valence electrons. The number of nitrogens with zero attached hydrogens (tertiary/aromatic N) is 2. The Morgan fingerprint density at radius 3 is 2.42 bits per heavy atom. The van der Waals surface area contributed by atoms with Crippen molar-refractivity contribution in [1.29, 1.82) is 0 Å². The van der Waals surface area contributed by atoms with Gasteiger partial charge in [0.25, 0.3) is 0 Å². The number of amides is 2. The van der Waals surface area contributed by atoms with E-state index in [4.69, 9.17) is 9.47 Å². The van der Waals surface area contributed by atoms with Crippen molar-refractivity contribution in [2.24, 2.45) is 5.92 Å². The number of likely N-dealkylation sites (tertiary alicyclic amines) is 1. The van der Waals surface area contributed by atoms with Crippen LogP contribution in [0.15, 0.2) is 0 Å². The van der Waals surface area contributed by atoms with Crippen LogP contribution >= 0.6 is 0 Å². The van der Waals surface area contributed by atoms with E-state index in [2.05, 4.69) is 10.2 Å². The summed E-state index contributed by atoms with van der Waals surface area (Å²) in [6.07, 6.45) is 1.09. The molecule has 1 N–H and O–H groups in total. The van der Waals surface area contributed by atoms with Crippen LogP contribution in [0.3, 0.4) is 0 Å². The second kappa shape index (κ2) is 9.58. The van der Waals surface area contributed by atoms with Gasteiger partial charge in [0.05, 0.1) is 25.7 Å². The van der Waals surface area contributed by atoms with E-state index in [0.717, 1.165) is 13.1 Å². The van der Waals surface area contributed by atoms with E-state index >= 15 is 0 Å². The fraction of sp³-hybridized carbons (Fsp3) is 0.812. The van der Waals surface area contributed by atoms with Crippen molar-refractivity contribution in [3.63, 3.8) is 0 Å². The molecule has 24 heavy (non-hydrogen) atoms. The lowest BCUT2D eigenvalue weighted by atomic mass is 9.97. The van der Waals surface area contributed by atoms with E-state index in [1.165, 1.54) is 4.90 Å². The van der Waals surface area contributed by atoms with Gasteiger partial charge in [0.15, 0.2) is 0 Å². The van der Waals surface area contributed by atoms with Crippen molar-refractivity contribution in [3.05, 3.63) is 0 Å². The summed E-state index contributed by atoms with van der Waals surface area (Å²) in [4.78, 5) is 39.5. The van der Waals surface area contributed by atoms with Crippen LogP contribution in [0.2, 0.25) is 0 Å². The lowest BCUT2D eigenvalue weighted by Gasteiger charge is -2.30. The van der Waals surface area contributed by atoms with Gasteiger partial charge in [-0.2, -0.15) is 0 Å². The topological polar surface area (TPSA) is 88.2 Å². The Kier molecular flexibility index (Phi) is 7.45. The number of rotatable bonds is 5. The molecule has 0 unspecified atom stereocenters. The number of carbonyl (C=O) groups is 3. The molecule has 0 saturated carbocycles. The van der Waals surface area contributed by atoms with Gasteiger partial charge in [0, 0.05) is 39.3 Å². The Hall–Kier alpha value is -1.67. The van der Waals surface area contributed by atoms with Crippen LogP contribution < -0.4 is 5.32 Å². The lowest BCUT2D eigenvalue weighted by Crippen LogP contribution is -2.49. The second-order valence-electron chi connectivity index (χ2n) is 6.03. The molecule has 0 bridgehead atoms. The maximum Gasteiger partial charge on any atom is 0.311 e. The molecule has 2 aliphatic rings. The van der Waals surface area contributed by atoms with Gasteiger partial charge in [-0.3, -0.25) is 19.3 Å². The highest BCUT2D eigenvalue weighted by Gasteiger charge is 2.30. The highest BCUT2D eigenvalue weighted by atomic mass is 16.5. The molecule has 0 aromatic heterocycles. The molecule has 0 spiro atoms. The van der Waals surface area contributed by atoms with Gasteiger partial charge in [-0.25, -0.2) is 0 Å². The quantitative estimate of drug-likeness (QED) is 0.522. The Balaban J connectivity index is 1.66. The Morgan fingerprint density at radius 1 is 1.12 bits per heavy atom. The third kappa shape index (κ3) is 5.45. The summed E-state index contributed by atoms with van der Waals surface area (Å²) in [5.41, 5.74) is 0. The zero-order valence-corrected chi connectivity index (χ0v) is 14.3. The zero-order chi connectivity index (χ0) is 17.4. The molecule has 2 amide bonds. The number of hydrogen-bond donors (Lipinski definition) is 1. The molecule has 0 aliphatic carbocycles. The third-order valence-corrected chi connectivity index (χ3v) is 4.41. The monoisotopic (exact) mass is 341 g/mol. The molecular weight excluding hydrogens is 314 g/mol. The largest absolute Gasteiger partial charge is 0.466 e. The van der Waals surface area contributed by atoms with Crippen LogP contribution in [-0.2, 0) is 23.9 Å². The number of hydrogen-bond acceptors (Lipinski definition) is 6. The van der Waals surface area contributed by atoms with Gasteiger partial charge < -0.3 is 19.7 Å². The molecule has 2 aliphatic heterocycles. The number of piperidine rings is 1. The second-order valence-corrected chi connectivity index (χ2v) is 6.03. The molecular formula is C16H27N3O5. The van der Waals surface area contributed by atoms with Crippen LogP contribution in [0.1, 0.15) is 19.8 Å². The molecule has 0 atom stereocenters. The molecule has 2 saturated heterocycles. The van der Waals surface area contributed by atoms with E-state index < -0.39 is 11.8 Å². The molecule has 0 radical (unpaired) electrons. The molecule has 2 rings (SSSR count). The minimum atomic E-state index is -0.571. The lowest BCUT2D eigenvalue weighted by molar-refractivity contribution is -0.152. The summed E-state index contributed by atoms with van der Waals surface area (Å²) < 4.78 is 10.3. The molecule has 0 aromatic carbocycles. The summed E-state index contributed by atoms with van der Waals surface area (Å²) >= 11 is 0. The van der Waals surface area contributed by atoms with Gasteiger partial charge in [0.2, 0.25) is 0 Å². The third-order valence-electron chi connectivity index (χ3n) is 4.41. The first-order chi connectivity index (χ1) is 11.6. The Labute approximate surface area is 142 Å². The Bertz CT molecular complexity index is 443. The fourth-order valence-electron chi connectivity index (χ4n) is 2.95. The standard InChI is InChI=1S/C16H27N3O5/c1-2-24-16(22)13-3-6-19(7-4-13)15(21)14(20)17-5-8-18-9-11-23-12-10-18/h13H,2-12H2,1H3,(H,17,20). The average molecular weight is 341 g/mol. The number of esters is 1. The predicted molar refractivity (Wildman–Crippen MR) is 86.2 cm³/mol. The van der Waals surface area contributed by atoms with Crippen molar-refractivity contribution in [3.8, 4) is 0 Å². The van der Waals surface area contributed by atoms with Gasteiger partial charge in [0.1, 0.15) is 0 Å². The van der Waals surface area contributed by atoms with E-state index in [9.17, 15) is 14.4 Å². The van der Waals surface area contributed by atoms with Crippen molar-refractivity contribution < 1.29 is 23.9 Å². The zero-order valence-electron chi connectivity index (χ0n) is 14.3. The number of ether oxygens (including phenoxy) is 2. The van der Waals surface area contributed by atoms with Crippen molar-refractivity contribution in [2.45, 2.75) is 19.8 Å². The molecule has 2 heterocycles. The highest BCUT2D eigenvalue weighted by molar-refractivity contribution is 6.35. The normalized spacial score (nSPS) is 19.8. The van der Waals surface area contributed by atoms with Crippen LogP contribution in [0.5, 0.6) is 0 Å². The summed E-state index contributed by atoms with van der Waals surface area (Å²) in [5, 5.41) is 2.68. The van der Waals surface area contributed by atoms with Crippen molar-refractivity contribution in [1.82, 2.24) is 15.1 Å². The minimum Gasteiger partial charge on any atom is -0.466 e. The van der Waals surface area contributed by atoms with Gasteiger partial charge in [-0.15, -0.1) is 0 Å². The number of carbonyl (C=O) groups excluding carboxylic acids is 3. The van der Waals surface area contributed by atoms with Crippen LogP contribution in [0, 0.1) is 5.92 Å². The highest BCUT2D eigenvalue weighted by Crippen LogP contribution is 2.18. The van der Waals surface area contributed by atoms with Gasteiger partial charge in [-0.05, 0) is 19.8 Å². The summed E-state index contributed by atoms with van der Waals surface area (Å²) in [6, 6.07) is 0. The van der Waals surface area contributed by atoms with Crippen molar-refractivity contribution in [2.75, 3.05) is 59.1 Å². The van der Waals surface area contributed by atoms with Crippen LogP contribution in [-0.4, -0.2) is 86.7 Å². The molecule has 8 heteroatoms. The first-order valence-electron chi connectivity index (χ1n) is 8.65. The average Bonchev–Trinajstić information content (AvgIpc) is 2.62. The van der Waals surface area contributed by atoms with E-state index in [1.807, 2.05) is 0 Å². The maximum atomic E-state index is 12.1. The van der Waals surface area contributed by atoms with Crippen LogP contribution in [0.4, 0.5) is 0 Å². The van der Waals surface area contributed by atoms with E-state index in [1.54, 1.807) is 6.92 Å². The number of nitrogens with one attached hydrogen (secondary N) is 1. The van der Waals surface area contributed by atoms with Gasteiger partial charge in [-0.1, -0.05) is 0 Å². The molecule has 8 nitrogen and oxygen atoms in total. The van der Waals surface area contributed by atoms with E-state index in [-0.39, 0.29) is 11.9 Å². The van der Waals surface area contributed by atoms with E-state index in [0.29, 0.717) is 58.8 Å². The SMILES string of the molecule is CCOC(=O)C1CCN(C(=O)C(=O)NCCN2CCOCC2)CC1. The van der Waals surface area contributed by atoms with Crippen molar-refractivity contribution >= 4 is 17.8 Å². The Morgan fingerprint density at radius 2 is 1.79 bits per heavy atom. The first-order valence-corrected chi connectivity index (χ1v) is 8.65. The van der Waals surface area contributed by atoms with Gasteiger partial charge >= 0.3 is 17.8 Å². The summed E-state index contributed by atoms with van der Waals surface area (Å²) in [7, 11) is 0.